The van der Waals surface area contributed by atoms with Crippen molar-refractivity contribution >= 4 is 34.0 Å². The van der Waals surface area contributed by atoms with E-state index in [1.165, 1.54) is 35.1 Å². The van der Waals surface area contributed by atoms with Crippen molar-refractivity contribution in [1.29, 1.82) is 0 Å². The van der Waals surface area contributed by atoms with Crippen molar-refractivity contribution in [3.05, 3.63) is 76.3 Å². The van der Waals surface area contributed by atoms with Crippen LogP contribution in [0.5, 0.6) is 0 Å². The zero-order valence-corrected chi connectivity index (χ0v) is 15.7. The second-order valence-electron chi connectivity index (χ2n) is 6.22. The number of nitrogens with one attached hydrogen (secondary N) is 3. The minimum atomic E-state index is -0.576. The Morgan fingerprint density at radius 2 is 2.11 bits per heavy atom. The number of hydrogen-bond donors (Lipinski definition) is 3. The zero-order valence-electron chi connectivity index (χ0n) is 14.9. The second-order valence-corrected chi connectivity index (χ2v) is 7.17. The van der Waals surface area contributed by atoms with Crippen molar-refractivity contribution in [3.8, 4) is 0 Å². The van der Waals surface area contributed by atoms with Crippen molar-refractivity contribution in [3.63, 3.8) is 0 Å². The van der Waals surface area contributed by atoms with E-state index in [4.69, 9.17) is 0 Å². The maximum absolute atomic E-state index is 13.6. The lowest BCUT2D eigenvalue weighted by Crippen LogP contribution is -2.17. The fourth-order valence-electron chi connectivity index (χ4n) is 2.83. The Bertz CT molecular complexity index is 1070. The molecule has 4 aromatic rings. The number of carbonyl (C=O) groups excluding carboxylic acids is 1. The minimum Gasteiger partial charge on any atom is -0.357 e. The molecule has 0 radical (unpaired) electrons. The number of H-pyrrole nitrogens is 1. The smallest absolute Gasteiger partial charge is 0.276 e. The van der Waals surface area contributed by atoms with E-state index in [-0.39, 0.29) is 11.5 Å². The van der Waals surface area contributed by atoms with Crippen molar-refractivity contribution in [2.24, 2.45) is 0 Å². The maximum atomic E-state index is 13.6. The van der Waals surface area contributed by atoms with E-state index in [1.54, 1.807) is 5.38 Å². The predicted molar refractivity (Wildman–Crippen MR) is 108 cm³/mol. The Hall–Kier alpha value is -3.10. The summed E-state index contributed by atoms with van der Waals surface area (Å²) in [7, 11) is 0. The molecule has 142 valence electrons. The first-order valence-electron chi connectivity index (χ1n) is 8.82. The van der Waals surface area contributed by atoms with Gasteiger partial charge in [-0.3, -0.25) is 4.79 Å². The topological polar surface area (TPSA) is 82.7 Å². The van der Waals surface area contributed by atoms with Gasteiger partial charge in [0.25, 0.3) is 5.91 Å². The molecular formula is C20H18FN5OS. The number of benzene rings is 1. The first-order chi connectivity index (χ1) is 13.7. The molecule has 3 N–H and O–H groups in total. The van der Waals surface area contributed by atoms with Gasteiger partial charge in [0.05, 0.1) is 5.01 Å². The SMILES string of the molecule is O=C(Nc1ncccc1F)c1csc(CCNCc2cc3ccccc3[nH]2)n1. The fraction of sp³-hybridized carbons (Fsp3) is 0.150. The molecule has 1 amide bonds. The number of fused-ring (bicyclic) bond motifs is 1. The molecule has 8 heteroatoms. The highest BCUT2D eigenvalue weighted by atomic mass is 32.1. The minimum absolute atomic E-state index is 0.0953. The Balaban J connectivity index is 1.27. The van der Waals surface area contributed by atoms with Gasteiger partial charge in [-0.15, -0.1) is 11.3 Å². The van der Waals surface area contributed by atoms with Gasteiger partial charge in [0.1, 0.15) is 5.69 Å². The number of anilines is 1. The molecule has 3 aromatic heterocycles. The van der Waals surface area contributed by atoms with Crippen LogP contribution in [0, 0.1) is 5.82 Å². The van der Waals surface area contributed by atoms with Gasteiger partial charge in [-0.05, 0) is 29.7 Å². The van der Waals surface area contributed by atoms with Crippen molar-refractivity contribution in [2.45, 2.75) is 13.0 Å². The summed E-state index contributed by atoms with van der Waals surface area (Å²) in [6, 6.07) is 13.0. The third-order valence-electron chi connectivity index (χ3n) is 4.19. The highest BCUT2D eigenvalue weighted by Crippen LogP contribution is 2.15. The van der Waals surface area contributed by atoms with Gasteiger partial charge in [-0.2, -0.15) is 0 Å². The summed E-state index contributed by atoms with van der Waals surface area (Å²) in [4.78, 5) is 23.7. The summed E-state index contributed by atoms with van der Waals surface area (Å²) >= 11 is 1.41. The normalized spacial score (nSPS) is 11.0. The number of halogens is 1. The van der Waals surface area contributed by atoms with Gasteiger partial charge in [0.2, 0.25) is 0 Å². The van der Waals surface area contributed by atoms with E-state index >= 15 is 0 Å². The summed E-state index contributed by atoms with van der Waals surface area (Å²) < 4.78 is 13.6. The average molecular weight is 395 g/mol. The maximum Gasteiger partial charge on any atom is 0.276 e. The van der Waals surface area contributed by atoms with Gasteiger partial charge < -0.3 is 15.6 Å². The van der Waals surface area contributed by atoms with Crippen LogP contribution >= 0.6 is 11.3 Å². The van der Waals surface area contributed by atoms with E-state index < -0.39 is 11.7 Å². The van der Waals surface area contributed by atoms with E-state index in [0.717, 1.165) is 29.3 Å². The number of thiazole rings is 1. The number of aromatic amines is 1. The quantitative estimate of drug-likeness (QED) is 0.416. The summed E-state index contributed by atoms with van der Waals surface area (Å²) in [5.41, 5.74) is 2.51. The van der Waals surface area contributed by atoms with Crippen LogP contribution < -0.4 is 10.6 Å². The van der Waals surface area contributed by atoms with E-state index in [1.807, 2.05) is 12.1 Å². The monoisotopic (exact) mass is 395 g/mol. The van der Waals surface area contributed by atoms with Crippen LogP contribution in [0.4, 0.5) is 10.2 Å². The molecule has 6 nitrogen and oxygen atoms in total. The molecule has 0 fully saturated rings. The molecule has 0 bridgehead atoms. The van der Waals surface area contributed by atoms with Crippen LogP contribution in [0.3, 0.4) is 0 Å². The summed E-state index contributed by atoms with van der Waals surface area (Å²) in [6.45, 7) is 1.46. The van der Waals surface area contributed by atoms with Crippen molar-refractivity contribution in [1.82, 2.24) is 20.3 Å². The first kappa shape index (κ1) is 18.3. The number of rotatable bonds is 7. The third-order valence-corrected chi connectivity index (χ3v) is 5.10. The lowest BCUT2D eigenvalue weighted by Gasteiger charge is -2.03. The highest BCUT2D eigenvalue weighted by Gasteiger charge is 2.13. The van der Waals surface area contributed by atoms with Gasteiger partial charge in [-0.25, -0.2) is 14.4 Å². The largest absolute Gasteiger partial charge is 0.357 e. The number of hydrogen-bond acceptors (Lipinski definition) is 5. The second kappa shape index (κ2) is 8.28. The standard InChI is InChI=1S/C20H18FN5OS/c21-15-5-3-8-23-19(15)26-20(27)17-12-28-18(25-17)7-9-22-11-14-10-13-4-1-2-6-16(13)24-14/h1-6,8,10,12,22,24H,7,9,11H2,(H,23,26,27). The van der Waals surface area contributed by atoms with Crippen LogP contribution in [0.1, 0.15) is 21.2 Å². The molecule has 0 aliphatic carbocycles. The number of nitrogens with zero attached hydrogens (tertiary/aromatic N) is 2. The van der Waals surface area contributed by atoms with E-state index in [0.29, 0.717) is 6.42 Å². The molecule has 0 saturated carbocycles. The molecule has 0 aliphatic heterocycles. The Morgan fingerprint density at radius 3 is 2.96 bits per heavy atom. The van der Waals surface area contributed by atoms with Gasteiger partial charge in [-0.1, -0.05) is 18.2 Å². The Kier molecular flexibility index (Phi) is 5.41. The molecule has 3 heterocycles. The highest BCUT2D eigenvalue weighted by molar-refractivity contribution is 7.09. The molecular weight excluding hydrogens is 377 g/mol. The van der Waals surface area contributed by atoms with Gasteiger partial charge >= 0.3 is 0 Å². The van der Waals surface area contributed by atoms with Crippen LogP contribution in [-0.2, 0) is 13.0 Å². The number of amides is 1. The molecule has 0 aliphatic rings. The van der Waals surface area contributed by atoms with Crippen LogP contribution in [-0.4, -0.2) is 27.4 Å². The Labute approximate surface area is 164 Å². The van der Waals surface area contributed by atoms with E-state index in [2.05, 4.69) is 43.8 Å². The van der Waals surface area contributed by atoms with E-state index in [9.17, 15) is 9.18 Å². The summed E-state index contributed by atoms with van der Waals surface area (Å²) in [5, 5.41) is 9.52. The number of para-hydroxylation sites is 1. The van der Waals surface area contributed by atoms with Crippen molar-refractivity contribution < 1.29 is 9.18 Å². The first-order valence-corrected chi connectivity index (χ1v) is 9.70. The lowest BCUT2D eigenvalue weighted by molar-refractivity contribution is 0.102. The molecule has 4 rings (SSSR count). The van der Waals surface area contributed by atoms with Crippen LogP contribution in [0.15, 0.2) is 54.0 Å². The third kappa shape index (κ3) is 4.24. The molecule has 0 spiro atoms. The van der Waals surface area contributed by atoms with Gasteiger partial charge in [0, 0.05) is 42.3 Å². The molecule has 28 heavy (non-hydrogen) atoms. The predicted octanol–water partition coefficient (Wildman–Crippen LogP) is 3.74. The average Bonchev–Trinajstić information content (AvgIpc) is 3.33. The van der Waals surface area contributed by atoms with Crippen LogP contribution in [0.2, 0.25) is 0 Å². The number of aromatic nitrogens is 3. The van der Waals surface area contributed by atoms with Crippen molar-refractivity contribution in [2.75, 3.05) is 11.9 Å². The molecule has 0 saturated heterocycles. The number of pyridine rings is 1. The summed E-state index contributed by atoms with van der Waals surface area (Å²) in [5.74, 6) is -1.14. The Morgan fingerprint density at radius 1 is 1.21 bits per heavy atom. The molecule has 1 aromatic carbocycles. The molecule has 0 atom stereocenters. The molecule has 0 unspecified atom stereocenters. The van der Waals surface area contributed by atoms with Gasteiger partial charge in [0.15, 0.2) is 11.6 Å². The zero-order chi connectivity index (χ0) is 19.3. The summed E-state index contributed by atoms with van der Waals surface area (Å²) in [6.07, 6.45) is 2.13. The number of carbonyl (C=O) groups is 1. The fourth-order valence-corrected chi connectivity index (χ4v) is 3.60. The lowest BCUT2D eigenvalue weighted by atomic mass is 10.2. The van der Waals surface area contributed by atoms with Crippen LogP contribution in [0.25, 0.3) is 10.9 Å².